The molecule has 0 bridgehead atoms. The Morgan fingerprint density at radius 2 is 1.74 bits per heavy atom. The fourth-order valence-electron chi connectivity index (χ4n) is 4.21. The van der Waals surface area contributed by atoms with Gasteiger partial charge < -0.3 is 9.80 Å². The standard InChI is InChI=1S/C22H19F2N5O2/c1-13-11-27-18-19(25-21(27)29(13)16-9-7-15(23)8-10-16)26(2)22(31)28(20(18)30)12-14-5-3-4-6-17(14)24/h3-11,18-19H,12H2,1-2H3. The molecule has 3 aliphatic heterocycles. The summed E-state index contributed by atoms with van der Waals surface area (Å²) in [5.41, 5.74) is 1.76. The molecule has 0 N–H and O–H groups in total. The Kier molecular flexibility index (Phi) is 4.28. The van der Waals surface area contributed by atoms with Crippen molar-refractivity contribution in [3.63, 3.8) is 0 Å². The molecule has 2 aromatic carbocycles. The number of guanidine groups is 1. The Morgan fingerprint density at radius 3 is 2.45 bits per heavy atom. The summed E-state index contributed by atoms with van der Waals surface area (Å²) in [4.78, 5) is 36.9. The monoisotopic (exact) mass is 423 g/mol. The smallest absolute Gasteiger partial charge is 0.302 e. The van der Waals surface area contributed by atoms with Crippen LogP contribution in [0, 0.1) is 11.6 Å². The second-order valence-electron chi connectivity index (χ2n) is 7.69. The zero-order chi connectivity index (χ0) is 21.9. The lowest BCUT2D eigenvalue weighted by Gasteiger charge is -2.40. The second kappa shape index (κ2) is 6.90. The highest BCUT2D eigenvalue weighted by atomic mass is 19.1. The summed E-state index contributed by atoms with van der Waals surface area (Å²) >= 11 is 0. The molecule has 2 unspecified atom stereocenters. The Hall–Kier alpha value is -3.75. The van der Waals surface area contributed by atoms with Crippen LogP contribution < -0.4 is 4.90 Å². The second-order valence-corrected chi connectivity index (χ2v) is 7.69. The molecule has 7 nitrogen and oxygen atoms in total. The van der Waals surface area contributed by atoms with Gasteiger partial charge in [0.25, 0.3) is 5.91 Å². The van der Waals surface area contributed by atoms with E-state index >= 15 is 0 Å². The molecule has 3 amide bonds. The molecule has 0 saturated carbocycles. The van der Waals surface area contributed by atoms with E-state index in [1.807, 2.05) is 11.8 Å². The van der Waals surface area contributed by atoms with Crippen molar-refractivity contribution in [1.82, 2.24) is 14.7 Å². The molecular weight excluding hydrogens is 404 g/mol. The molecule has 5 rings (SSSR count). The maximum Gasteiger partial charge on any atom is 0.328 e. The highest BCUT2D eigenvalue weighted by molar-refractivity contribution is 6.09. The number of urea groups is 1. The fourth-order valence-corrected chi connectivity index (χ4v) is 4.21. The van der Waals surface area contributed by atoms with Crippen molar-refractivity contribution in [2.75, 3.05) is 11.9 Å². The van der Waals surface area contributed by atoms with E-state index < -0.39 is 30.0 Å². The first-order valence-corrected chi connectivity index (χ1v) is 9.78. The van der Waals surface area contributed by atoms with Crippen molar-refractivity contribution < 1.29 is 18.4 Å². The van der Waals surface area contributed by atoms with Crippen LogP contribution in [-0.2, 0) is 11.3 Å². The van der Waals surface area contributed by atoms with Gasteiger partial charge in [-0.2, -0.15) is 0 Å². The minimum Gasteiger partial charge on any atom is -0.302 e. The molecule has 0 aliphatic carbocycles. The summed E-state index contributed by atoms with van der Waals surface area (Å²) in [6.45, 7) is 1.70. The van der Waals surface area contributed by atoms with Crippen molar-refractivity contribution in [2.45, 2.75) is 25.7 Å². The van der Waals surface area contributed by atoms with Crippen LogP contribution in [0.3, 0.4) is 0 Å². The van der Waals surface area contributed by atoms with Crippen LogP contribution >= 0.6 is 0 Å². The molecule has 2 aromatic rings. The predicted octanol–water partition coefficient (Wildman–Crippen LogP) is 3.11. The van der Waals surface area contributed by atoms with Crippen LogP contribution in [0.15, 0.2) is 65.4 Å². The predicted molar refractivity (Wildman–Crippen MR) is 110 cm³/mol. The molecule has 1 fully saturated rings. The number of aliphatic imine (C=N–C) groups is 1. The molecule has 9 heteroatoms. The van der Waals surface area contributed by atoms with E-state index in [2.05, 4.69) is 4.99 Å². The summed E-state index contributed by atoms with van der Waals surface area (Å²) in [7, 11) is 1.58. The first-order chi connectivity index (χ1) is 14.9. The van der Waals surface area contributed by atoms with Crippen LogP contribution in [0.2, 0.25) is 0 Å². The van der Waals surface area contributed by atoms with E-state index in [0.29, 0.717) is 11.6 Å². The molecule has 3 heterocycles. The topological polar surface area (TPSA) is 59.5 Å². The van der Waals surface area contributed by atoms with E-state index in [9.17, 15) is 18.4 Å². The van der Waals surface area contributed by atoms with Gasteiger partial charge in [0, 0.05) is 30.2 Å². The summed E-state index contributed by atoms with van der Waals surface area (Å²) < 4.78 is 27.5. The summed E-state index contributed by atoms with van der Waals surface area (Å²) in [5.74, 6) is -0.789. The number of carbonyl (C=O) groups excluding carboxylic acids is 2. The number of nitrogens with zero attached hydrogens (tertiary/aromatic N) is 5. The zero-order valence-corrected chi connectivity index (χ0v) is 16.9. The minimum atomic E-state index is -0.759. The van der Waals surface area contributed by atoms with E-state index in [1.54, 1.807) is 48.5 Å². The molecule has 0 radical (unpaired) electrons. The Labute approximate surface area is 177 Å². The van der Waals surface area contributed by atoms with Crippen molar-refractivity contribution in [3.8, 4) is 0 Å². The lowest BCUT2D eigenvalue weighted by Crippen LogP contribution is -2.63. The van der Waals surface area contributed by atoms with E-state index in [-0.39, 0.29) is 17.9 Å². The van der Waals surface area contributed by atoms with Crippen LogP contribution in [0.1, 0.15) is 12.5 Å². The number of allylic oxidation sites excluding steroid dienone is 1. The van der Waals surface area contributed by atoms with Crippen LogP contribution in [0.5, 0.6) is 0 Å². The van der Waals surface area contributed by atoms with Gasteiger partial charge in [0.15, 0.2) is 12.2 Å². The van der Waals surface area contributed by atoms with Gasteiger partial charge in [-0.15, -0.1) is 0 Å². The van der Waals surface area contributed by atoms with Crippen molar-refractivity contribution in [1.29, 1.82) is 0 Å². The molecule has 0 spiro atoms. The van der Waals surface area contributed by atoms with Crippen LogP contribution in [0.4, 0.5) is 19.3 Å². The van der Waals surface area contributed by atoms with Crippen molar-refractivity contribution in [2.24, 2.45) is 4.99 Å². The maximum absolute atomic E-state index is 14.2. The Morgan fingerprint density at radius 1 is 1.03 bits per heavy atom. The average Bonchev–Trinajstić information content (AvgIpc) is 3.26. The summed E-state index contributed by atoms with van der Waals surface area (Å²) in [6.07, 6.45) is 1.08. The highest BCUT2D eigenvalue weighted by Crippen LogP contribution is 2.36. The third kappa shape index (κ3) is 2.88. The lowest BCUT2D eigenvalue weighted by molar-refractivity contribution is -0.137. The zero-order valence-electron chi connectivity index (χ0n) is 16.9. The summed E-state index contributed by atoms with van der Waals surface area (Å²) in [5, 5.41) is 0. The van der Waals surface area contributed by atoms with Gasteiger partial charge in [-0.05, 0) is 37.3 Å². The number of hydrogen-bond acceptors (Lipinski definition) is 5. The third-order valence-corrected chi connectivity index (χ3v) is 5.76. The SMILES string of the molecule is CC1=CN2C(=NC3C2C(=O)N(Cc2ccccc2F)C(=O)N3C)N1c1ccc(F)cc1. The Bertz CT molecular complexity index is 1150. The van der Waals surface area contributed by atoms with Crippen molar-refractivity contribution in [3.05, 3.63) is 77.6 Å². The number of carbonyl (C=O) groups is 2. The van der Waals surface area contributed by atoms with Gasteiger partial charge >= 0.3 is 6.03 Å². The van der Waals surface area contributed by atoms with Gasteiger partial charge in [-0.25, -0.2) is 18.6 Å². The van der Waals surface area contributed by atoms with Gasteiger partial charge in [0.1, 0.15) is 11.6 Å². The lowest BCUT2D eigenvalue weighted by atomic mass is 10.1. The minimum absolute atomic E-state index is 0.161. The number of benzene rings is 2. The van der Waals surface area contributed by atoms with E-state index in [4.69, 9.17) is 0 Å². The molecule has 1 saturated heterocycles. The molecule has 31 heavy (non-hydrogen) atoms. The largest absolute Gasteiger partial charge is 0.328 e. The molecule has 158 valence electrons. The van der Waals surface area contributed by atoms with Crippen LogP contribution in [0.25, 0.3) is 0 Å². The first-order valence-electron chi connectivity index (χ1n) is 9.78. The normalized spacial score (nSPS) is 22.6. The number of rotatable bonds is 3. The fraction of sp³-hybridized carbons (Fsp3) is 0.227. The first kappa shape index (κ1) is 19.2. The van der Waals surface area contributed by atoms with Crippen LogP contribution in [-0.4, -0.2) is 51.9 Å². The van der Waals surface area contributed by atoms with Gasteiger partial charge in [-0.1, -0.05) is 18.2 Å². The van der Waals surface area contributed by atoms with Gasteiger partial charge in [0.05, 0.1) is 6.54 Å². The Balaban J connectivity index is 1.48. The highest BCUT2D eigenvalue weighted by Gasteiger charge is 2.54. The molecular formula is C22H19F2N5O2. The quantitative estimate of drug-likeness (QED) is 0.761. The van der Waals surface area contributed by atoms with E-state index in [1.165, 1.54) is 23.1 Å². The number of hydrogen-bond donors (Lipinski definition) is 0. The van der Waals surface area contributed by atoms with Crippen molar-refractivity contribution >= 4 is 23.6 Å². The van der Waals surface area contributed by atoms with Gasteiger partial charge in [-0.3, -0.25) is 14.6 Å². The number of halogens is 2. The molecule has 0 aromatic heterocycles. The maximum atomic E-state index is 14.2. The number of imide groups is 1. The average molecular weight is 423 g/mol. The molecule has 2 atom stereocenters. The van der Waals surface area contributed by atoms with Gasteiger partial charge in [0.2, 0.25) is 5.96 Å². The number of fused-ring (bicyclic) bond motifs is 3. The summed E-state index contributed by atoms with van der Waals surface area (Å²) in [6, 6.07) is 10.7. The third-order valence-electron chi connectivity index (χ3n) is 5.76. The number of likely N-dealkylation sites (N-methyl/N-ethyl adjacent to an activating group) is 1. The number of amides is 3. The van der Waals surface area contributed by atoms with E-state index in [0.717, 1.165) is 10.6 Å². The number of anilines is 1. The molecule has 3 aliphatic rings.